The summed E-state index contributed by atoms with van der Waals surface area (Å²) in [7, 11) is 0. The van der Waals surface area contributed by atoms with E-state index in [2.05, 4.69) is 4.37 Å². The lowest BCUT2D eigenvalue weighted by atomic mass is 9.51. The lowest BCUT2D eigenvalue weighted by Crippen LogP contribution is -2.44. The summed E-state index contributed by atoms with van der Waals surface area (Å²) in [6, 6.07) is 0. The minimum Gasteiger partial charge on any atom is -0.478 e. The Morgan fingerprint density at radius 1 is 1.17 bits per heavy atom. The molecule has 4 aliphatic carbocycles. The number of carbonyl (C=O) groups is 1. The van der Waals surface area contributed by atoms with Crippen molar-refractivity contribution in [3.05, 3.63) is 16.6 Å². The lowest BCUT2D eigenvalue weighted by Gasteiger charge is -2.54. The first kappa shape index (κ1) is 11.0. The van der Waals surface area contributed by atoms with Gasteiger partial charge in [0.05, 0.1) is 11.3 Å². The molecule has 1 N–H and O–H groups in total. The Morgan fingerprint density at radius 2 is 1.78 bits per heavy atom. The third-order valence-corrected chi connectivity index (χ3v) is 6.01. The largest absolute Gasteiger partial charge is 0.478 e. The van der Waals surface area contributed by atoms with Crippen molar-refractivity contribution in [3.63, 3.8) is 0 Å². The predicted molar refractivity (Wildman–Crippen MR) is 68.9 cm³/mol. The third kappa shape index (κ3) is 1.48. The average molecular weight is 263 g/mol. The highest BCUT2D eigenvalue weighted by Gasteiger charge is 2.50. The second kappa shape index (κ2) is 3.80. The first-order chi connectivity index (χ1) is 8.72. The maximum atomic E-state index is 11.3. The van der Waals surface area contributed by atoms with Crippen LogP contribution < -0.4 is 0 Å². The van der Waals surface area contributed by atoms with E-state index in [0.717, 1.165) is 17.5 Å². The van der Waals surface area contributed by atoms with Crippen LogP contribution in [0.1, 0.15) is 54.1 Å². The molecular weight excluding hydrogens is 246 g/mol. The molecule has 0 unspecified atom stereocenters. The normalized spacial score (nSPS) is 41.2. The Kier molecular flexibility index (Phi) is 2.31. The van der Waals surface area contributed by atoms with Gasteiger partial charge in [-0.25, -0.2) is 4.79 Å². The van der Waals surface area contributed by atoms with Gasteiger partial charge in [-0.3, -0.25) is 0 Å². The smallest absolute Gasteiger partial charge is 0.338 e. The molecule has 4 saturated carbocycles. The zero-order chi connectivity index (χ0) is 12.3. The predicted octanol–water partition coefficient (Wildman–Crippen LogP) is 3.38. The van der Waals surface area contributed by atoms with Crippen LogP contribution in [0.5, 0.6) is 0 Å². The molecule has 1 aromatic heterocycles. The number of carboxylic acid groups (broad SMARTS) is 1. The van der Waals surface area contributed by atoms with Crippen LogP contribution in [0.3, 0.4) is 0 Å². The molecule has 0 aliphatic heterocycles. The summed E-state index contributed by atoms with van der Waals surface area (Å²) in [5, 5.41) is 11.0. The fourth-order valence-corrected chi connectivity index (χ4v) is 5.73. The fraction of sp³-hybridized carbons (Fsp3) is 0.714. The van der Waals surface area contributed by atoms with Gasteiger partial charge in [0.1, 0.15) is 0 Å². The van der Waals surface area contributed by atoms with E-state index in [0.29, 0.717) is 23.3 Å². The number of aromatic carboxylic acids is 1. The van der Waals surface area contributed by atoms with E-state index in [9.17, 15) is 9.90 Å². The molecule has 0 amide bonds. The highest BCUT2D eigenvalue weighted by atomic mass is 32.1. The van der Waals surface area contributed by atoms with Crippen molar-refractivity contribution in [2.45, 2.75) is 38.0 Å². The second-order valence-corrected chi connectivity index (χ2v) is 7.00. The SMILES string of the molecule is O=C(O)c1csnc1C1C2CC3CC(C2)CC1C3. The molecular formula is C14H17NO2S. The molecule has 0 spiro atoms. The molecule has 18 heavy (non-hydrogen) atoms. The van der Waals surface area contributed by atoms with E-state index in [-0.39, 0.29) is 0 Å². The van der Waals surface area contributed by atoms with Crippen LogP contribution in [0.2, 0.25) is 0 Å². The summed E-state index contributed by atoms with van der Waals surface area (Å²) < 4.78 is 4.44. The van der Waals surface area contributed by atoms with Gasteiger partial charge in [0.2, 0.25) is 0 Å². The summed E-state index contributed by atoms with van der Waals surface area (Å²) >= 11 is 1.31. The standard InChI is InChI=1S/C14H17NO2S/c16-14(17)11-6-18-15-13(11)12-9-2-7-1-8(4-9)5-10(12)3-7/h6-10,12H,1-5H2,(H,16,17). The molecule has 3 nitrogen and oxygen atoms in total. The molecule has 96 valence electrons. The highest BCUT2D eigenvalue weighted by Crippen LogP contribution is 2.59. The Bertz CT molecular complexity index is 468. The van der Waals surface area contributed by atoms with Gasteiger partial charge < -0.3 is 5.11 Å². The molecule has 4 fully saturated rings. The van der Waals surface area contributed by atoms with Crippen LogP contribution >= 0.6 is 11.5 Å². The quantitative estimate of drug-likeness (QED) is 0.890. The Hall–Kier alpha value is -0.900. The van der Waals surface area contributed by atoms with E-state index >= 15 is 0 Å². The number of hydrogen-bond acceptors (Lipinski definition) is 3. The van der Waals surface area contributed by atoms with Crippen molar-refractivity contribution in [2.75, 3.05) is 0 Å². The van der Waals surface area contributed by atoms with Gasteiger partial charge in [-0.1, -0.05) is 0 Å². The van der Waals surface area contributed by atoms with Crippen molar-refractivity contribution >= 4 is 17.5 Å². The van der Waals surface area contributed by atoms with Crippen LogP contribution in [-0.4, -0.2) is 15.4 Å². The van der Waals surface area contributed by atoms with Gasteiger partial charge in [-0.05, 0) is 67.3 Å². The van der Waals surface area contributed by atoms with E-state index in [1.165, 1.54) is 43.6 Å². The number of nitrogens with zero attached hydrogens (tertiary/aromatic N) is 1. The Balaban J connectivity index is 1.72. The zero-order valence-electron chi connectivity index (χ0n) is 10.2. The maximum absolute atomic E-state index is 11.3. The number of carboxylic acids is 1. The molecule has 0 radical (unpaired) electrons. The van der Waals surface area contributed by atoms with E-state index in [1.54, 1.807) is 5.38 Å². The monoisotopic (exact) mass is 263 g/mol. The summed E-state index contributed by atoms with van der Waals surface area (Å²) in [5.41, 5.74) is 1.37. The molecule has 0 atom stereocenters. The first-order valence-electron chi connectivity index (χ1n) is 6.90. The van der Waals surface area contributed by atoms with Gasteiger partial charge in [0.15, 0.2) is 0 Å². The van der Waals surface area contributed by atoms with Gasteiger partial charge in [0.25, 0.3) is 0 Å². The third-order valence-electron chi connectivity index (χ3n) is 5.37. The summed E-state index contributed by atoms with van der Waals surface area (Å²) in [5.74, 6) is 2.91. The van der Waals surface area contributed by atoms with E-state index in [1.807, 2.05) is 0 Å². The van der Waals surface area contributed by atoms with Gasteiger partial charge >= 0.3 is 5.97 Å². The van der Waals surface area contributed by atoms with Gasteiger partial charge in [-0.2, -0.15) is 4.37 Å². The molecule has 0 saturated heterocycles. The lowest BCUT2D eigenvalue weighted by molar-refractivity contribution is -0.00423. The van der Waals surface area contributed by atoms with Crippen molar-refractivity contribution in [2.24, 2.45) is 23.7 Å². The van der Waals surface area contributed by atoms with E-state index in [4.69, 9.17) is 0 Å². The van der Waals surface area contributed by atoms with Crippen molar-refractivity contribution in [1.29, 1.82) is 0 Å². The van der Waals surface area contributed by atoms with Crippen molar-refractivity contribution in [1.82, 2.24) is 4.37 Å². The molecule has 1 heterocycles. The molecule has 4 bridgehead atoms. The van der Waals surface area contributed by atoms with Crippen LogP contribution in [0, 0.1) is 23.7 Å². The van der Waals surface area contributed by atoms with Crippen LogP contribution in [0.25, 0.3) is 0 Å². The fourth-order valence-electron chi connectivity index (χ4n) is 5.02. The van der Waals surface area contributed by atoms with Crippen LogP contribution in [0.4, 0.5) is 0 Å². The number of rotatable bonds is 2. The minimum atomic E-state index is -0.799. The minimum absolute atomic E-state index is 0.440. The topological polar surface area (TPSA) is 50.2 Å². The number of hydrogen-bond donors (Lipinski definition) is 1. The highest BCUT2D eigenvalue weighted by molar-refractivity contribution is 7.03. The van der Waals surface area contributed by atoms with Crippen molar-refractivity contribution < 1.29 is 9.90 Å². The van der Waals surface area contributed by atoms with Crippen LogP contribution in [0.15, 0.2) is 5.38 Å². The Morgan fingerprint density at radius 3 is 2.33 bits per heavy atom. The Labute approximate surface area is 110 Å². The van der Waals surface area contributed by atoms with Gasteiger partial charge in [0, 0.05) is 11.3 Å². The van der Waals surface area contributed by atoms with Crippen LogP contribution in [-0.2, 0) is 0 Å². The second-order valence-electron chi connectivity index (χ2n) is 6.38. The van der Waals surface area contributed by atoms with E-state index < -0.39 is 5.97 Å². The van der Waals surface area contributed by atoms with Crippen molar-refractivity contribution in [3.8, 4) is 0 Å². The molecule has 4 heteroatoms. The maximum Gasteiger partial charge on any atom is 0.338 e. The average Bonchev–Trinajstić information content (AvgIpc) is 2.76. The molecule has 4 aliphatic rings. The zero-order valence-corrected chi connectivity index (χ0v) is 11.0. The first-order valence-corrected chi connectivity index (χ1v) is 7.73. The number of aromatic nitrogens is 1. The molecule has 5 rings (SSSR count). The summed E-state index contributed by atoms with van der Waals surface area (Å²) in [4.78, 5) is 11.3. The molecule has 1 aromatic rings. The summed E-state index contributed by atoms with van der Waals surface area (Å²) in [6.45, 7) is 0. The summed E-state index contributed by atoms with van der Waals surface area (Å²) in [6.07, 6.45) is 6.69. The molecule has 0 aromatic carbocycles. The van der Waals surface area contributed by atoms with Gasteiger partial charge in [-0.15, -0.1) is 0 Å².